The van der Waals surface area contributed by atoms with Crippen molar-refractivity contribution in [2.45, 2.75) is 12.9 Å². The Hall–Kier alpha value is -3.34. The fourth-order valence-electron chi connectivity index (χ4n) is 2.51. The maximum absolute atomic E-state index is 12.4. The minimum atomic E-state index is -4.78. The van der Waals surface area contributed by atoms with Crippen molar-refractivity contribution in [3.8, 4) is 22.9 Å². The lowest BCUT2D eigenvalue weighted by atomic mass is 10.2. The smallest absolute Gasteiger partial charge is 0.497 e. The van der Waals surface area contributed by atoms with Gasteiger partial charge in [-0.15, -0.1) is 13.2 Å². The number of carbonyl (C=O) groups excluding carboxylic acids is 1. The zero-order valence-electron chi connectivity index (χ0n) is 15.0. The lowest BCUT2D eigenvalue weighted by molar-refractivity contribution is -0.274. The Balaban J connectivity index is 1.71. The highest BCUT2D eigenvalue weighted by Gasteiger charge is 2.30. The van der Waals surface area contributed by atoms with Gasteiger partial charge in [0.2, 0.25) is 5.91 Å². The fraction of sp³-hybridized carbons (Fsp3) is 0.167. The van der Waals surface area contributed by atoms with Crippen molar-refractivity contribution >= 4 is 23.8 Å². The number of rotatable bonds is 6. The third-order valence-corrected chi connectivity index (χ3v) is 4.09. The van der Waals surface area contributed by atoms with Crippen molar-refractivity contribution in [2.75, 3.05) is 12.4 Å². The Morgan fingerprint density at radius 2 is 1.76 bits per heavy atom. The zero-order valence-corrected chi connectivity index (χ0v) is 15.8. The molecule has 1 amide bonds. The third-order valence-electron chi connectivity index (χ3n) is 3.78. The van der Waals surface area contributed by atoms with Gasteiger partial charge in [-0.25, -0.2) is 0 Å². The number of alkyl halides is 3. The summed E-state index contributed by atoms with van der Waals surface area (Å²) < 4.78 is 47.3. The molecule has 0 aliphatic heterocycles. The minimum Gasteiger partial charge on any atom is -0.497 e. The molecule has 1 heterocycles. The maximum atomic E-state index is 12.4. The summed E-state index contributed by atoms with van der Waals surface area (Å²) in [5.74, 6) is 0.322. The van der Waals surface area contributed by atoms with Gasteiger partial charge in [-0.2, -0.15) is 5.10 Å². The van der Waals surface area contributed by atoms with E-state index in [9.17, 15) is 18.0 Å². The van der Waals surface area contributed by atoms with E-state index in [0.717, 1.165) is 17.7 Å². The van der Waals surface area contributed by atoms with Crippen LogP contribution in [0.4, 0.5) is 18.9 Å². The average molecular weight is 424 g/mol. The van der Waals surface area contributed by atoms with Crippen LogP contribution in [0, 0.1) is 4.77 Å². The highest BCUT2D eigenvalue weighted by Crippen LogP contribution is 2.24. The quantitative estimate of drug-likeness (QED) is 0.581. The Labute approximate surface area is 168 Å². The normalized spacial score (nSPS) is 11.2. The first-order valence-corrected chi connectivity index (χ1v) is 8.61. The number of anilines is 1. The van der Waals surface area contributed by atoms with Crippen LogP contribution in [0.5, 0.6) is 11.5 Å². The van der Waals surface area contributed by atoms with E-state index in [-0.39, 0.29) is 17.1 Å². The molecule has 0 aliphatic rings. The van der Waals surface area contributed by atoms with E-state index in [0.29, 0.717) is 17.3 Å². The van der Waals surface area contributed by atoms with Gasteiger partial charge in [0.1, 0.15) is 18.0 Å². The average Bonchev–Trinajstić information content (AvgIpc) is 3.02. The molecule has 0 unspecified atom stereocenters. The lowest BCUT2D eigenvalue weighted by Crippen LogP contribution is -2.20. The summed E-state index contributed by atoms with van der Waals surface area (Å²) in [5.41, 5.74) is 1.03. The molecule has 0 saturated heterocycles. The van der Waals surface area contributed by atoms with Crippen LogP contribution in [0.25, 0.3) is 11.4 Å². The number of hydrogen-bond acceptors (Lipinski definition) is 5. The number of ether oxygens (including phenoxy) is 2. The monoisotopic (exact) mass is 424 g/mol. The van der Waals surface area contributed by atoms with Gasteiger partial charge in [-0.1, -0.05) is 0 Å². The molecule has 0 bridgehead atoms. The molecular weight excluding hydrogens is 409 g/mol. The van der Waals surface area contributed by atoms with E-state index in [2.05, 4.69) is 20.3 Å². The van der Waals surface area contributed by atoms with Crippen molar-refractivity contribution in [1.82, 2.24) is 14.8 Å². The van der Waals surface area contributed by atoms with Gasteiger partial charge in [0.15, 0.2) is 10.6 Å². The van der Waals surface area contributed by atoms with Crippen LogP contribution in [-0.4, -0.2) is 34.1 Å². The van der Waals surface area contributed by atoms with E-state index < -0.39 is 12.3 Å². The molecule has 0 saturated carbocycles. The molecule has 29 heavy (non-hydrogen) atoms. The van der Waals surface area contributed by atoms with Crippen LogP contribution in [-0.2, 0) is 11.3 Å². The molecule has 7 nitrogen and oxygen atoms in total. The van der Waals surface area contributed by atoms with Gasteiger partial charge < -0.3 is 14.8 Å². The van der Waals surface area contributed by atoms with Crippen molar-refractivity contribution in [3.63, 3.8) is 0 Å². The first-order valence-electron chi connectivity index (χ1n) is 8.20. The van der Waals surface area contributed by atoms with Crippen molar-refractivity contribution in [1.29, 1.82) is 0 Å². The number of H-pyrrole nitrogens is 1. The van der Waals surface area contributed by atoms with Crippen molar-refractivity contribution < 1.29 is 27.4 Å². The fourth-order valence-corrected chi connectivity index (χ4v) is 2.71. The number of carbonyl (C=O) groups is 1. The Kier molecular flexibility index (Phi) is 5.87. The molecule has 1 aromatic heterocycles. The molecule has 3 rings (SSSR count). The predicted octanol–water partition coefficient (Wildman–Crippen LogP) is 4.15. The van der Waals surface area contributed by atoms with Gasteiger partial charge >= 0.3 is 6.36 Å². The molecular formula is C18H15F3N4O3S. The molecule has 11 heteroatoms. The number of benzene rings is 2. The first kappa shape index (κ1) is 20.4. The molecule has 152 valence electrons. The highest BCUT2D eigenvalue weighted by atomic mass is 32.1. The van der Waals surface area contributed by atoms with Crippen LogP contribution in [0.3, 0.4) is 0 Å². The molecule has 0 fully saturated rings. The van der Waals surface area contributed by atoms with Crippen molar-refractivity contribution in [2.24, 2.45) is 0 Å². The summed E-state index contributed by atoms with van der Waals surface area (Å²) in [4.78, 5) is 12.4. The standard InChI is InChI=1S/C18H15F3N4O3S/c1-27-13-6-2-11(3-7-13)16-23-24-17(29)25(16)10-15(26)22-12-4-8-14(9-5-12)28-18(19,20)21/h2-9H,10H2,1H3,(H,22,26)(H,24,29). The van der Waals surface area contributed by atoms with Gasteiger partial charge in [0.25, 0.3) is 0 Å². The number of methoxy groups -OCH3 is 1. The van der Waals surface area contributed by atoms with Crippen LogP contribution >= 0.6 is 12.2 Å². The van der Waals surface area contributed by atoms with Gasteiger partial charge in [-0.05, 0) is 60.7 Å². The van der Waals surface area contributed by atoms with Gasteiger partial charge in [0.05, 0.1) is 7.11 Å². The van der Waals surface area contributed by atoms with Gasteiger partial charge in [0, 0.05) is 11.3 Å². The topological polar surface area (TPSA) is 81.2 Å². The largest absolute Gasteiger partial charge is 0.573 e. The summed E-state index contributed by atoms with van der Waals surface area (Å²) in [7, 11) is 1.55. The Morgan fingerprint density at radius 3 is 2.34 bits per heavy atom. The molecule has 0 radical (unpaired) electrons. The maximum Gasteiger partial charge on any atom is 0.573 e. The van der Waals surface area contributed by atoms with E-state index in [4.69, 9.17) is 17.0 Å². The summed E-state index contributed by atoms with van der Waals surface area (Å²) in [6, 6.07) is 11.9. The second-order valence-electron chi connectivity index (χ2n) is 5.79. The molecule has 0 atom stereocenters. The van der Waals surface area contributed by atoms with Crippen LogP contribution in [0.15, 0.2) is 48.5 Å². The second kappa shape index (κ2) is 8.35. The number of aromatic amines is 1. The summed E-state index contributed by atoms with van der Waals surface area (Å²) in [6.45, 7) is -0.141. The number of halogens is 3. The van der Waals surface area contributed by atoms with E-state index in [1.807, 2.05) is 0 Å². The third kappa shape index (κ3) is 5.35. The highest BCUT2D eigenvalue weighted by molar-refractivity contribution is 7.71. The Morgan fingerprint density at radius 1 is 1.14 bits per heavy atom. The van der Waals surface area contributed by atoms with E-state index >= 15 is 0 Å². The second-order valence-corrected chi connectivity index (χ2v) is 6.17. The van der Waals surface area contributed by atoms with E-state index in [1.165, 1.54) is 16.7 Å². The number of nitrogens with one attached hydrogen (secondary N) is 2. The molecule has 0 spiro atoms. The molecule has 3 aromatic rings. The summed E-state index contributed by atoms with van der Waals surface area (Å²) >= 11 is 5.19. The van der Waals surface area contributed by atoms with Gasteiger partial charge in [-0.3, -0.25) is 14.5 Å². The predicted molar refractivity (Wildman–Crippen MR) is 101 cm³/mol. The lowest BCUT2D eigenvalue weighted by Gasteiger charge is -2.11. The Bertz CT molecular complexity index is 1040. The van der Waals surface area contributed by atoms with Crippen LogP contribution in [0.1, 0.15) is 0 Å². The van der Waals surface area contributed by atoms with Crippen LogP contribution in [0.2, 0.25) is 0 Å². The number of nitrogens with zero attached hydrogens (tertiary/aromatic N) is 2. The van der Waals surface area contributed by atoms with Crippen LogP contribution < -0.4 is 14.8 Å². The van der Waals surface area contributed by atoms with E-state index in [1.54, 1.807) is 31.4 Å². The van der Waals surface area contributed by atoms with Crippen molar-refractivity contribution in [3.05, 3.63) is 53.3 Å². The molecule has 2 N–H and O–H groups in total. The first-order chi connectivity index (χ1) is 13.7. The zero-order chi connectivity index (χ0) is 21.0. The SMILES string of the molecule is COc1ccc(-c2n[nH]c(=S)n2CC(=O)Nc2ccc(OC(F)(F)F)cc2)cc1. The molecule has 2 aromatic carbocycles. The summed E-state index contributed by atoms with van der Waals surface area (Å²) in [5, 5.41) is 9.38. The minimum absolute atomic E-state index is 0.141. The molecule has 0 aliphatic carbocycles. The number of hydrogen-bond donors (Lipinski definition) is 2. The summed E-state index contributed by atoms with van der Waals surface area (Å²) in [6.07, 6.45) is -4.78. The number of amides is 1. The number of aromatic nitrogens is 3.